The molecule has 6 heterocycles. The van der Waals surface area contributed by atoms with Crippen LogP contribution < -0.4 is 26.2 Å². The molecule has 0 aliphatic carbocycles. The molecule has 0 saturated heterocycles. The number of nitrogens with zero attached hydrogens (tertiary/aromatic N) is 4. The van der Waals surface area contributed by atoms with Crippen molar-refractivity contribution in [3.8, 4) is 100 Å². The third-order valence-corrected chi connectivity index (χ3v) is 28.5. The zero-order chi connectivity index (χ0) is 80.8. The average molecular weight is 1600 g/mol. The van der Waals surface area contributed by atoms with Gasteiger partial charge in [-0.15, -0.1) is 0 Å². The van der Waals surface area contributed by atoms with Crippen LogP contribution in [-0.4, -0.2) is 30.4 Å². The van der Waals surface area contributed by atoms with Crippen molar-refractivity contribution in [3.05, 3.63) is 381 Å². The third kappa shape index (κ3) is 11.5. The second-order valence-electron chi connectivity index (χ2n) is 36.4. The van der Waals surface area contributed by atoms with Gasteiger partial charge in [-0.3, -0.25) is 0 Å². The minimum atomic E-state index is -0.384. The van der Waals surface area contributed by atoms with Crippen LogP contribution in [0.3, 0.4) is 0 Å². The van der Waals surface area contributed by atoms with Gasteiger partial charge in [0.15, 0.2) is 0 Å². The molecule has 0 unspecified atom stereocenters. The van der Waals surface area contributed by atoms with Gasteiger partial charge in [0.2, 0.25) is 0 Å². The molecule has 0 radical (unpaired) electrons. The standard InChI is InChI=1S/C114H87BN4Se/c1-112(2,3)82-62-91(72-32-18-12-19-33-72)110-93(64-82)80-38-26-36-74(56-80)76-46-54-107-95(58-76)96-59-77(47-55-108(96)120-107)75-37-27-39-81(57-75)94-65-83(113(4,5)6)63-92(73-34-20-13-21-35-73)111(94)119-104-69-86(117-100-43-25-23-41-88(100)90-51-45-79(61-102(90)117)71-30-16-11-17-31-71)49-53-98(104)115-97-52-48-85(68-103(97)118(110)105-66-84(114(7,8)9)67-106(119)109(105)115)116-99-42-24-22-40-87(99)89-50-44-78(60-101(89)116)70-28-14-10-15-29-70/h10-69H,1-9H3. The predicted molar refractivity (Wildman–Crippen MR) is 514 cm³/mol. The maximum atomic E-state index is 2.78. The summed E-state index contributed by atoms with van der Waals surface area (Å²) in [5, 5.41) is 7.50. The summed E-state index contributed by atoms with van der Waals surface area (Å²) in [5.74, 6) is 0. The van der Waals surface area contributed by atoms with Crippen LogP contribution in [0.5, 0.6) is 0 Å². The molecule has 17 aromatic carbocycles. The van der Waals surface area contributed by atoms with E-state index in [0.29, 0.717) is 0 Å². The molecule has 0 spiro atoms. The molecule has 0 atom stereocenters. The molecule has 3 aliphatic heterocycles. The van der Waals surface area contributed by atoms with Crippen LogP contribution in [0.2, 0.25) is 0 Å². The summed E-state index contributed by atoms with van der Waals surface area (Å²) in [6.45, 7) is 21.3. The molecule has 3 aliphatic rings. The number of aromatic nitrogens is 2. The van der Waals surface area contributed by atoms with Gasteiger partial charge in [0.05, 0.1) is 22.1 Å². The second-order valence-corrected chi connectivity index (χ2v) is 38.7. The van der Waals surface area contributed by atoms with Crippen LogP contribution >= 0.6 is 0 Å². The van der Waals surface area contributed by atoms with Crippen LogP contribution in [-0.2, 0) is 16.2 Å². The molecule has 3 aromatic heterocycles. The van der Waals surface area contributed by atoms with Gasteiger partial charge in [-0.25, -0.2) is 0 Å². The van der Waals surface area contributed by atoms with E-state index in [0.717, 1.165) is 112 Å². The number of fused-ring (bicyclic) bond motifs is 26. The topological polar surface area (TPSA) is 16.3 Å². The zero-order valence-corrected chi connectivity index (χ0v) is 70.6. The molecule has 0 amide bonds. The van der Waals surface area contributed by atoms with Crippen molar-refractivity contribution in [2.45, 2.75) is 78.6 Å². The van der Waals surface area contributed by atoms with E-state index in [1.807, 2.05) is 0 Å². The van der Waals surface area contributed by atoms with Gasteiger partial charge in [-0.05, 0) is 69.6 Å². The van der Waals surface area contributed by atoms with Crippen LogP contribution in [0.1, 0.15) is 79.0 Å². The fraction of sp³-hybridized carbons (Fsp3) is 0.105. The van der Waals surface area contributed by atoms with Gasteiger partial charge >= 0.3 is 382 Å². The first-order chi connectivity index (χ1) is 58.4. The number of anilines is 6. The molecule has 20 aromatic rings. The average Bonchev–Trinajstić information content (AvgIpc) is 0.788. The summed E-state index contributed by atoms with van der Waals surface area (Å²) in [7, 11) is 0. The summed E-state index contributed by atoms with van der Waals surface area (Å²) >= 11 is 0.139. The molecule has 0 fully saturated rings. The summed E-state index contributed by atoms with van der Waals surface area (Å²) in [5.41, 5.74) is 38.8. The monoisotopic (exact) mass is 1600 g/mol. The Labute approximate surface area is 708 Å². The van der Waals surface area contributed by atoms with E-state index in [-0.39, 0.29) is 37.5 Å². The zero-order valence-electron chi connectivity index (χ0n) is 68.9. The Morgan fingerprint density at radius 2 is 0.550 bits per heavy atom. The van der Waals surface area contributed by atoms with Crippen LogP contribution in [0.15, 0.2) is 364 Å². The second kappa shape index (κ2) is 27.0. The van der Waals surface area contributed by atoms with Crippen molar-refractivity contribution in [1.29, 1.82) is 0 Å². The van der Waals surface area contributed by atoms with Crippen molar-refractivity contribution in [1.82, 2.24) is 9.13 Å². The number of hydrogen-bond acceptors (Lipinski definition) is 2. The van der Waals surface area contributed by atoms with Crippen molar-refractivity contribution >= 4 is 135 Å². The SMILES string of the molecule is CC(C)(C)c1cc(-c2ccccc2)c2c(c1)-c1cccc(c1)-c1ccc3[se]c4ccc(cc4c3c1)-c1cccc(c1)-c1cc(C(C)(C)C)cc(-c3ccccc3)c1N1c3cc(-n4c5ccccc5c5ccc(-c6ccccc6)cc54)ccc3B3c4ccc(-n5c6ccccc6c6ccc(-c7ccccc7)cc65)cc4N2c2cc(C(C)(C)C)cc1c23. The Balaban J connectivity index is 0.920. The summed E-state index contributed by atoms with van der Waals surface area (Å²) in [4.78, 5) is 5.56. The predicted octanol–water partition coefficient (Wildman–Crippen LogP) is 28.9. The Morgan fingerprint density at radius 1 is 0.225 bits per heavy atom. The van der Waals surface area contributed by atoms with E-state index in [4.69, 9.17) is 0 Å². The number of benzene rings is 17. The Kier molecular flexibility index (Phi) is 16.2. The molecule has 13 bridgehead atoms. The molecule has 6 heteroatoms. The van der Waals surface area contributed by atoms with E-state index >= 15 is 0 Å². The molecule has 572 valence electrons. The molecule has 120 heavy (non-hydrogen) atoms. The molecule has 0 saturated carbocycles. The van der Waals surface area contributed by atoms with Crippen molar-refractivity contribution in [2.75, 3.05) is 9.80 Å². The first kappa shape index (κ1) is 71.8. The van der Waals surface area contributed by atoms with Gasteiger partial charge in [0.1, 0.15) is 0 Å². The minimum absolute atomic E-state index is 0.139. The van der Waals surface area contributed by atoms with Gasteiger partial charge in [-0.1, -0.05) is 191 Å². The van der Waals surface area contributed by atoms with E-state index in [9.17, 15) is 0 Å². The first-order valence-corrected chi connectivity index (χ1v) is 44.0. The van der Waals surface area contributed by atoms with E-state index in [1.54, 1.807) is 0 Å². The molecule has 4 nitrogen and oxygen atoms in total. The van der Waals surface area contributed by atoms with E-state index in [2.05, 4.69) is 445 Å². The maximum absolute atomic E-state index is 2.78. The van der Waals surface area contributed by atoms with E-state index in [1.165, 1.54) is 118 Å². The number of rotatable bonds is 6. The van der Waals surface area contributed by atoms with Crippen LogP contribution in [0.4, 0.5) is 34.1 Å². The van der Waals surface area contributed by atoms with Crippen molar-refractivity contribution < 1.29 is 0 Å². The van der Waals surface area contributed by atoms with E-state index < -0.39 is 0 Å². The molecular formula is C114H87BN4Se. The Hall–Kier alpha value is -13.5. The van der Waals surface area contributed by atoms with Gasteiger partial charge < -0.3 is 9.13 Å². The van der Waals surface area contributed by atoms with Gasteiger partial charge in [-0.2, -0.15) is 0 Å². The van der Waals surface area contributed by atoms with Crippen LogP contribution in [0, 0.1) is 0 Å². The van der Waals surface area contributed by atoms with Crippen molar-refractivity contribution in [3.63, 3.8) is 0 Å². The number of para-hydroxylation sites is 2. The van der Waals surface area contributed by atoms with Crippen LogP contribution in [0.25, 0.3) is 163 Å². The summed E-state index contributed by atoms with van der Waals surface area (Å²) in [6, 6.07) is 141. The Bertz CT molecular complexity index is 7210. The molecular weight excluding hydrogens is 1520 g/mol. The summed E-state index contributed by atoms with van der Waals surface area (Å²) in [6.07, 6.45) is 0. The first-order valence-electron chi connectivity index (χ1n) is 42.3. The molecule has 23 rings (SSSR count). The summed E-state index contributed by atoms with van der Waals surface area (Å²) < 4.78 is 7.95. The number of hydrogen-bond donors (Lipinski definition) is 0. The normalized spacial score (nSPS) is 13.0. The Morgan fingerprint density at radius 3 is 0.958 bits per heavy atom. The molecule has 0 N–H and O–H groups in total. The quantitative estimate of drug-likeness (QED) is 0.154. The third-order valence-electron chi connectivity index (χ3n) is 26.0. The fourth-order valence-electron chi connectivity index (χ4n) is 19.9. The van der Waals surface area contributed by atoms with Gasteiger partial charge in [0.25, 0.3) is 6.71 Å². The van der Waals surface area contributed by atoms with Gasteiger partial charge in [0, 0.05) is 32.9 Å². The van der Waals surface area contributed by atoms with Crippen molar-refractivity contribution in [2.24, 2.45) is 0 Å². The fourth-order valence-corrected chi connectivity index (χ4v) is 22.1.